The van der Waals surface area contributed by atoms with Gasteiger partial charge in [0.15, 0.2) is 17.1 Å². The maximum absolute atomic E-state index is 13.1. The zero-order chi connectivity index (χ0) is 23.8. The number of aromatic amines is 1. The van der Waals surface area contributed by atoms with Crippen molar-refractivity contribution < 1.29 is 18.7 Å². The van der Waals surface area contributed by atoms with E-state index in [2.05, 4.69) is 4.98 Å². The highest BCUT2D eigenvalue weighted by atomic mass is 16.5. The smallest absolute Gasteiger partial charge is 0.342 e. The Morgan fingerprint density at radius 2 is 1.59 bits per heavy atom. The van der Waals surface area contributed by atoms with E-state index in [0.717, 1.165) is 16.5 Å². The highest BCUT2D eigenvalue weighted by Gasteiger charge is 2.25. The summed E-state index contributed by atoms with van der Waals surface area (Å²) >= 11 is 0. The lowest BCUT2D eigenvalue weighted by molar-refractivity contribution is 0.0320. The highest BCUT2D eigenvalue weighted by molar-refractivity contribution is 6.11. The van der Waals surface area contributed by atoms with Gasteiger partial charge in [0, 0.05) is 33.8 Å². The number of rotatable bonds is 5. The van der Waals surface area contributed by atoms with Crippen molar-refractivity contribution in [2.75, 3.05) is 0 Å². The van der Waals surface area contributed by atoms with Gasteiger partial charge in [-0.05, 0) is 32.0 Å². The third-order valence-corrected chi connectivity index (χ3v) is 5.91. The third-order valence-electron chi connectivity index (χ3n) is 5.91. The van der Waals surface area contributed by atoms with E-state index in [4.69, 9.17) is 9.15 Å². The van der Waals surface area contributed by atoms with E-state index in [1.54, 1.807) is 25.3 Å². The number of esters is 1. The average molecular weight is 451 g/mol. The Bertz CT molecular complexity index is 1610. The molecular formula is C28H21NO5. The normalized spacial score (nSPS) is 12.1. The Balaban J connectivity index is 1.51. The number of hydrogen-bond donors (Lipinski definition) is 1. The van der Waals surface area contributed by atoms with Gasteiger partial charge in [-0.3, -0.25) is 9.59 Å². The lowest BCUT2D eigenvalue weighted by Gasteiger charge is -2.14. The van der Waals surface area contributed by atoms with Crippen molar-refractivity contribution in [3.8, 4) is 11.3 Å². The minimum Gasteiger partial charge on any atom is -0.455 e. The fraction of sp³-hybridized carbons (Fsp3) is 0.107. The molecule has 0 spiro atoms. The minimum atomic E-state index is -1.03. The Hall–Kier alpha value is -4.45. The second-order valence-electron chi connectivity index (χ2n) is 8.09. The number of fused-ring (bicyclic) bond motifs is 2. The van der Waals surface area contributed by atoms with Crippen molar-refractivity contribution in [1.29, 1.82) is 0 Å². The molecule has 0 amide bonds. The van der Waals surface area contributed by atoms with Crippen molar-refractivity contribution in [3.63, 3.8) is 0 Å². The topological polar surface area (TPSA) is 89.4 Å². The summed E-state index contributed by atoms with van der Waals surface area (Å²) in [5.41, 5.74) is 2.44. The quantitative estimate of drug-likeness (QED) is 0.274. The zero-order valence-electron chi connectivity index (χ0n) is 18.6. The number of ketones is 1. The number of nitrogens with one attached hydrogen (secondary N) is 1. The monoisotopic (exact) mass is 451 g/mol. The standard InChI is InChI=1S/C28H21NO5/c1-16-24(30)20-12-8-13-21(27(20)34-26(16)18-9-4-3-5-10-18)28(32)33-17(2)25(31)22-15-29-23-14-7-6-11-19(22)23/h3-15,17,29H,1-2H3. The number of ether oxygens (including phenoxy) is 1. The predicted molar refractivity (Wildman–Crippen MR) is 130 cm³/mol. The van der Waals surface area contributed by atoms with Gasteiger partial charge in [-0.25, -0.2) is 4.79 Å². The van der Waals surface area contributed by atoms with E-state index in [0.29, 0.717) is 16.9 Å². The van der Waals surface area contributed by atoms with Crippen LogP contribution in [-0.2, 0) is 4.74 Å². The molecule has 168 valence electrons. The molecule has 0 aliphatic heterocycles. The van der Waals surface area contributed by atoms with Crippen LogP contribution in [0.25, 0.3) is 33.2 Å². The summed E-state index contributed by atoms with van der Waals surface area (Å²) in [4.78, 5) is 42.2. The van der Waals surface area contributed by atoms with Crippen LogP contribution in [0.2, 0.25) is 0 Å². The average Bonchev–Trinajstić information content (AvgIpc) is 3.30. The van der Waals surface area contributed by atoms with E-state index in [1.807, 2.05) is 54.6 Å². The largest absolute Gasteiger partial charge is 0.455 e. The molecule has 1 atom stereocenters. The first-order valence-corrected chi connectivity index (χ1v) is 10.9. The van der Waals surface area contributed by atoms with Gasteiger partial charge in [0.05, 0.1) is 5.39 Å². The molecule has 1 unspecified atom stereocenters. The Morgan fingerprint density at radius 1 is 0.882 bits per heavy atom. The molecule has 0 aliphatic rings. The molecule has 5 aromatic rings. The van der Waals surface area contributed by atoms with Crippen molar-refractivity contribution >= 4 is 33.6 Å². The molecule has 5 rings (SSSR count). The zero-order valence-corrected chi connectivity index (χ0v) is 18.6. The first kappa shape index (κ1) is 21.4. The summed E-state index contributed by atoms with van der Waals surface area (Å²) in [5, 5.41) is 1.04. The van der Waals surface area contributed by atoms with E-state index < -0.39 is 12.1 Å². The Kier molecular flexibility index (Phi) is 5.34. The van der Waals surface area contributed by atoms with Crippen LogP contribution in [-0.4, -0.2) is 22.8 Å². The van der Waals surface area contributed by atoms with Crippen molar-refractivity contribution in [3.05, 3.63) is 106 Å². The van der Waals surface area contributed by atoms with E-state index in [1.165, 1.54) is 13.0 Å². The van der Waals surface area contributed by atoms with Crippen molar-refractivity contribution in [1.82, 2.24) is 4.98 Å². The number of para-hydroxylation sites is 2. The predicted octanol–water partition coefficient (Wildman–Crippen LogP) is 5.68. The van der Waals surface area contributed by atoms with Crippen LogP contribution in [0, 0.1) is 6.92 Å². The first-order chi connectivity index (χ1) is 16.5. The summed E-state index contributed by atoms with van der Waals surface area (Å²) in [7, 11) is 0. The number of hydrogen-bond acceptors (Lipinski definition) is 5. The summed E-state index contributed by atoms with van der Waals surface area (Å²) < 4.78 is 11.6. The summed E-state index contributed by atoms with van der Waals surface area (Å²) in [6.07, 6.45) is 0.580. The molecule has 0 aliphatic carbocycles. The van der Waals surface area contributed by atoms with Gasteiger partial charge >= 0.3 is 5.97 Å². The second-order valence-corrected chi connectivity index (χ2v) is 8.09. The lowest BCUT2D eigenvalue weighted by Crippen LogP contribution is -2.24. The molecule has 6 nitrogen and oxygen atoms in total. The number of benzene rings is 3. The van der Waals surface area contributed by atoms with E-state index >= 15 is 0 Å². The maximum atomic E-state index is 13.1. The van der Waals surface area contributed by atoms with Gasteiger partial charge in [0.2, 0.25) is 5.78 Å². The van der Waals surface area contributed by atoms with Gasteiger partial charge in [-0.15, -0.1) is 0 Å². The molecule has 34 heavy (non-hydrogen) atoms. The van der Waals surface area contributed by atoms with Crippen LogP contribution >= 0.6 is 0 Å². The molecule has 1 N–H and O–H groups in total. The fourth-order valence-electron chi connectivity index (χ4n) is 4.11. The molecule has 0 saturated heterocycles. The van der Waals surface area contributed by atoms with Gasteiger partial charge in [-0.2, -0.15) is 0 Å². The third kappa shape index (κ3) is 3.59. The van der Waals surface area contributed by atoms with Crippen LogP contribution in [0.5, 0.6) is 0 Å². The number of aromatic nitrogens is 1. The van der Waals surface area contributed by atoms with Gasteiger partial charge in [0.25, 0.3) is 0 Å². The maximum Gasteiger partial charge on any atom is 0.342 e. The van der Waals surface area contributed by atoms with Gasteiger partial charge in [-0.1, -0.05) is 54.6 Å². The van der Waals surface area contributed by atoms with Crippen molar-refractivity contribution in [2.24, 2.45) is 0 Å². The molecule has 0 radical (unpaired) electrons. The van der Waals surface area contributed by atoms with E-state index in [9.17, 15) is 14.4 Å². The molecular weight excluding hydrogens is 430 g/mol. The minimum absolute atomic E-state index is 0.0883. The summed E-state index contributed by atoms with van der Waals surface area (Å²) in [6, 6.07) is 21.4. The van der Waals surface area contributed by atoms with Crippen LogP contribution in [0.3, 0.4) is 0 Å². The molecule has 2 aromatic heterocycles. The summed E-state index contributed by atoms with van der Waals surface area (Å²) in [5.74, 6) is -0.674. The highest BCUT2D eigenvalue weighted by Crippen LogP contribution is 2.28. The fourth-order valence-corrected chi connectivity index (χ4v) is 4.11. The van der Waals surface area contributed by atoms with Gasteiger partial charge in [0.1, 0.15) is 11.3 Å². The number of Topliss-reactive ketones (excluding diaryl/α,β-unsaturated/α-hetero) is 1. The van der Waals surface area contributed by atoms with Crippen LogP contribution in [0.1, 0.15) is 33.2 Å². The van der Waals surface area contributed by atoms with Crippen LogP contribution in [0.4, 0.5) is 0 Å². The molecule has 2 heterocycles. The number of H-pyrrole nitrogens is 1. The molecule has 0 saturated carbocycles. The van der Waals surface area contributed by atoms with E-state index in [-0.39, 0.29) is 27.7 Å². The molecule has 6 heteroatoms. The second kappa shape index (κ2) is 8.48. The molecule has 3 aromatic carbocycles. The van der Waals surface area contributed by atoms with Crippen LogP contribution < -0.4 is 5.43 Å². The Morgan fingerprint density at radius 3 is 2.38 bits per heavy atom. The van der Waals surface area contributed by atoms with Gasteiger partial charge < -0.3 is 14.1 Å². The molecule has 0 bridgehead atoms. The summed E-state index contributed by atoms with van der Waals surface area (Å²) in [6.45, 7) is 3.23. The molecule has 0 fully saturated rings. The Labute approximate surface area is 194 Å². The number of carbonyl (C=O) groups is 2. The van der Waals surface area contributed by atoms with Crippen molar-refractivity contribution in [2.45, 2.75) is 20.0 Å². The SMILES string of the molecule is Cc1c(-c2ccccc2)oc2c(C(=O)OC(C)C(=O)c3c[nH]c4ccccc34)cccc2c1=O. The van der Waals surface area contributed by atoms with Crippen LogP contribution in [0.15, 0.2) is 88.2 Å². The number of carbonyl (C=O) groups excluding carboxylic acids is 2. The first-order valence-electron chi connectivity index (χ1n) is 10.9. The lowest BCUT2D eigenvalue weighted by atomic mass is 10.0.